The van der Waals surface area contributed by atoms with Crippen LogP contribution in [0.3, 0.4) is 0 Å². The number of hydrogen-bond donors (Lipinski definition) is 0. The molecule has 1 saturated heterocycles. The minimum Gasteiger partial charge on any atom is -0.484 e. The highest BCUT2D eigenvalue weighted by atomic mass is 16.5. The summed E-state index contributed by atoms with van der Waals surface area (Å²) in [6.07, 6.45) is 0. The van der Waals surface area contributed by atoms with E-state index < -0.39 is 0 Å². The van der Waals surface area contributed by atoms with Gasteiger partial charge in [0.1, 0.15) is 5.75 Å². The zero-order chi connectivity index (χ0) is 18.6. The molecule has 1 aliphatic heterocycles. The molecule has 1 amide bonds. The van der Waals surface area contributed by atoms with Crippen LogP contribution in [0.1, 0.15) is 26.3 Å². The molecule has 0 radical (unpaired) electrons. The molecule has 4 nitrogen and oxygen atoms in total. The molecule has 2 aromatic carbocycles. The number of benzene rings is 2. The topological polar surface area (TPSA) is 32.8 Å². The van der Waals surface area contributed by atoms with Crippen molar-refractivity contribution in [2.45, 2.75) is 26.2 Å². The van der Waals surface area contributed by atoms with Gasteiger partial charge in [-0.25, -0.2) is 0 Å². The van der Waals surface area contributed by atoms with Crippen LogP contribution in [0, 0.1) is 0 Å². The van der Waals surface area contributed by atoms with E-state index in [0.29, 0.717) is 0 Å². The van der Waals surface area contributed by atoms with Gasteiger partial charge >= 0.3 is 0 Å². The summed E-state index contributed by atoms with van der Waals surface area (Å²) in [7, 11) is 0. The summed E-state index contributed by atoms with van der Waals surface area (Å²) in [6.45, 7) is 9.83. The molecular weight excluding hydrogens is 324 g/mol. The van der Waals surface area contributed by atoms with Crippen molar-refractivity contribution in [3.8, 4) is 5.75 Å². The highest BCUT2D eigenvalue weighted by Crippen LogP contribution is 2.24. The summed E-state index contributed by atoms with van der Waals surface area (Å²) >= 11 is 0. The molecule has 0 spiro atoms. The Kier molecular flexibility index (Phi) is 5.50. The van der Waals surface area contributed by atoms with E-state index in [1.165, 1.54) is 11.3 Å². The van der Waals surface area contributed by atoms with Crippen molar-refractivity contribution >= 4 is 11.6 Å². The van der Waals surface area contributed by atoms with Gasteiger partial charge in [0.25, 0.3) is 5.91 Å². The van der Waals surface area contributed by atoms with Crippen LogP contribution in [0.5, 0.6) is 5.75 Å². The fourth-order valence-corrected chi connectivity index (χ4v) is 3.14. The zero-order valence-corrected chi connectivity index (χ0v) is 15.9. The maximum absolute atomic E-state index is 12.4. The van der Waals surface area contributed by atoms with Crippen LogP contribution in [0.25, 0.3) is 0 Å². The molecule has 0 bridgehead atoms. The van der Waals surface area contributed by atoms with Crippen molar-refractivity contribution in [3.05, 3.63) is 60.2 Å². The fraction of sp³-hybridized carbons (Fsp3) is 0.409. The highest BCUT2D eigenvalue weighted by Gasteiger charge is 2.21. The monoisotopic (exact) mass is 352 g/mol. The van der Waals surface area contributed by atoms with E-state index in [-0.39, 0.29) is 17.9 Å². The fourth-order valence-electron chi connectivity index (χ4n) is 3.14. The van der Waals surface area contributed by atoms with Gasteiger partial charge in [-0.1, -0.05) is 51.1 Å². The molecule has 26 heavy (non-hydrogen) atoms. The van der Waals surface area contributed by atoms with E-state index in [1.54, 1.807) is 0 Å². The Hall–Kier alpha value is -2.49. The van der Waals surface area contributed by atoms with Crippen LogP contribution < -0.4 is 9.64 Å². The van der Waals surface area contributed by atoms with Gasteiger partial charge < -0.3 is 14.5 Å². The van der Waals surface area contributed by atoms with Crippen LogP contribution in [-0.2, 0) is 10.2 Å². The van der Waals surface area contributed by atoms with Gasteiger partial charge in [0.05, 0.1) is 0 Å². The van der Waals surface area contributed by atoms with Crippen LogP contribution in [0.15, 0.2) is 54.6 Å². The minimum absolute atomic E-state index is 0.0533. The van der Waals surface area contributed by atoms with Crippen molar-refractivity contribution in [2.24, 2.45) is 0 Å². The van der Waals surface area contributed by atoms with E-state index in [4.69, 9.17) is 4.74 Å². The quantitative estimate of drug-likeness (QED) is 0.841. The third-order valence-electron chi connectivity index (χ3n) is 4.84. The summed E-state index contributed by atoms with van der Waals surface area (Å²) in [5.41, 5.74) is 2.59. The third-order valence-corrected chi connectivity index (χ3v) is 4.84. The normalized spacial score (nSPS) is 15.0. The molecule has 1 heterocycles. The Morgan fingerprint density at radius 2 is 1.54 bits per heavy atom. The Bertz CT molecular complexity index is 712. The SMILES string of the molecule is CC(C)(C)c1ccc(OCC(=O)N2CCN(c3ccccc3)CC2)cc1. The van der Waals surface area contributed by atoms with Crippen LogP contribution in [0.2, 0.25) is 0 Å². The lowest BCUT2D eigenvalue weighted by Gasteiger charge is -2.36. The van der Waals surface area contributed by atoms with Gasteiger partial charge in [-0.05, 0) is 35.2 Å². The van der Waals surface area contributed by atoms with Crippen molar-refractivity contribution in [1.29, 1.82) is 0 Å². The average Bonchev–Trinajstić information content (AvgIpc) is 2.66. The molecule has 138 valence electrons. The van der Waals surface area contributed by atoms with E-state index in [9.17, 15) is 4.79 Å². The number of amides is 1. The second-order valence-electron chi connectivity index (χ2n) is 7.77. The molecule has 0 unspecified atom stereocenters. The summed E-state index contributed by atoms with van der Waals surface area (Å²) in [4.78, 5) is 16.6. The largest absolute Gasteiger partial charge is 0.484 e. The summed E-state index contributed by atoms with van der Waals surface area (Å²) in [6, 6.07) is 18.4. The van der Waals surface area contributed by atoms with Crippen LogP contribution >= 0.6 is 0 Å². The van der Waals surface area contributed by atoms with E-state index >= 15 is 0 Å². The minimum atomic E-state index is 0.0533. The van der Waals surface area contributed by atoms with Crippen molar-refractivity contribution in [2.75, 3.05) is 37.7 Å². The lowest BCUT2D eigenvalue weighted by molar-refractivity contribution is -0.133. The van der Waals surface area contributed by atoms with Gasteiger partial charge in [0.15, 0.2) is 6.61 Å². The zero-order valence-electron chi connectivity index (χ0n) is 15.9. The van der Waals surface area contributed by atoms with E-state index in [0.717, 1.165) is 31.9 Å². The van der Waals surface area contributed by atoms with Gasteiger partial charge in [-0.3, -0.25) is 4.79 Å². The van der Waals surface area contributed by atoms with Gasteiger partial charge in [0, 0.05) is 31.9 Å². The van der Waals surface area contributed by atoms with Crippen molar-refractivity contribution in [1.82, 2.24) is 4.90 Å². The van der Waals surface area contributed by atoms with Crippen LogP contribution in [0.4, 0.5) is 5.69 Å². The molecule has 2 aromatic rings. The number of anilines is 1. The number of para-hydroxylation sites is 1. The first-order chi connectivity index (χ1) is 12.4. The first-order valence-electron chi connectivity index (χ1n) is 9.24. The Balaban J connectivity index is 1.47. The Morgan fingerprint density at radius 3 is 2.12 bits per heavy atom. The average molecular weight is 352 g/mol. The van der Waals surface area contributed by atoms with E-state index in [1.807, 2.05) is 35.2 Å². The predicted octanol–water partition coefficient (Wildman–Crippen LogP) is 3.71. The molecule has 3 rings (SSSR count). The summed E-state index contributed by atoms with van der Waals surface area (Å²) in [5.74, 6) is 0.798. The smallest absolute Gasteiger partial charge is 0.260 e. The highest BCUT2D eigenvalue weighted by molar-refractivity contribution is 5.78. The predicted molar refractivity (Wildman–Crippen MR) is 106 cm³/mol. The molecule has 0 saturated carbocycles. The van der Waals surface area contributed by atoms with E-state index in [2.05, 4.69) is 49.9 Å². The molecule has 0 aromatic heterocycles. The molecule has 0 atom stereocenters. The third kappa shape index (κ3) is 4.57. The lowest BCUT2D eigenvalue weighted by atomic mass is 9.87. The first kappa shape index (κ1) is 18.3. The molecule has 0 aliphatic carbocycles. The first-order valence-corrected chi connectivity index (χ1v) is 9.24. The number of rotatable bonds is 4. The molecule has 1 fully saturated rings. The second-order valence-corrected chi connectivity index (χ2v) is 7.77. The Labute approximate surface area is 156 Å². The number of piperazine rings is 1. The maximum Gasteiger partial charge on any atom is 0.260 e. The second kappa shape index (κ2) is 7.81. The molecule has 0 N–H and O–H groups in total. The molecule has 1 aliphatic rings. The number of carbonyl (C=O) groups excluding carboxylic acids is 1. The summed E-state index contributed by atoms with van der Waals surface area (Å²) in [5, 5.41) is 0. The number of ether oxygens (including phenoxy) is 1. The maximum atomic E-state index is 12.4. The van der Waals surface area contributed by atoms with Crippen molar-refractivity contribution < 1.29 is 9.53 Å². The molecular formula is C22H28N2O2. The lowest BCUT2D eigenvalue weighted by Crippen LogP contribution is -2.50. The molecule has 4 heteroatoms. The standard InChI is InChI=1S/C22H28N2O2/c1-22(2,3)18-9-11-20(12-10-18)26-17-21(25)24-15-13-23(14-16-24)19-7-5-4-6-8-19/h4-12H,13-17H2,1-3H3. The van der Waals surface area contributed by atoms with Gasteiger partial charge in [-0.2, -0.15) is 0 Å². The summed E-state index contributed by atoms with van der Waals surface area (Å²) < 4.78 is 5.70. The van der Waals surface area contributed by atoms with Gasteiger partial charge in [0.2, 0.25) is 0 Å². The van der Waals surface area contributed by atoms with Crippen molar-refractivity contribution in [3.63, 3.8) is 0 Å². The van der Waals surface area contributed by atoms with Crippen LogP contribution in [-0.4, -0.2) is 43.6 Å². The number of hydrogen-bond acceptors (Lipinski definition) is 3. The number of carbonyl (C=O) groups is 1. The van der Waals surface area contributed by atoms with Gasteiger partial charge in [-0.15, -0.1) is 0 Å². The number of nitrogens with zero attached hydrogens (tertiary/aromatic N) is 2. The Morgan fingerprint density at radius 1 is 0.923 bits per heavy atom.